The minimum atomic E-state index is -4.49. The summed E-state index contributed by atoms with van der Waals surface area (Å²) in [5.41, 5.74) is -0.463. The van der Waals surface area contributed by atoms with Crippen LogP contribution in [0, 0.1) is 11.8 Å². The molecule has 24 heavy (non-hydrogen) atoms. The molecule has 0 N–H and O–H groups in total. The molecule has 0 bridgehead atoms. The molecule has 130 valence electrons. The summed E-state index contributed by atoms with van der Waals surface area (Å²) in [6.45, 7) is 4.67. The van der Waals surface area contributed by atoms with Crippen LogP contribution >= 0.6 is 0 Å². The highest BCUT2D eigenvalue weighted by Gasteiger charge is 2.34. The Kier molecular flexibility index (Phi) is 4.32. The average molecular weight is 338 g/mol. The Hall–Kier alpha value is -1.98. The van der Waals surface area contributed by atoms with Crippen molar-refractivity contribution in [3.63, 3.8) is 0 Å². The van der Waals surface area contributed by atoms with Gasteiger partial charge in [-0.15, -0.1) is 0 Å². The number of nitrogens with zero attached hydrogens (tertiary/aromatic N) is 2. The third-order valence-corrected chi connectivity index (χ3v) is 4.29. The Morgan fingerprint density at radius 2 is 1.88 bits per heavy atom. The van der Waals surface area contributed by atoms with Gasteiger partial charge in [-0.1, -0.05) is 26.0 Å². The number of imidazole rings is 1. The van der Waals surface area contributed by atoms with Gasteiger partial charge < -0.3 is 0 Å². The van der Waals surface area contributed by atoms with E-state index >= 15 is 0 Å². The number of hydrogen-bond donors (Lipinski definition) is 0. The van der Waals surface area contributed by atoms with Crippen LogP contribution < -0.4 is 5.69 Å². The number of para-hydroxylation sites is 1. The maximum Gasteiger partial charge on any atom is 0.418 e. The highest BCUT2D eigenvalue weighted by molar-refractivity contribution is 5.43. The molecule has 1 aromatic carbocycles. The van der Waals surface area contributed by atoms with Gasteiger partial charge in [0.05, 0.1) is 11.3 Å². The predicted octanol–water partition coefficient (Wildman–Crippen LogP) is 4.27. The lowest BCUT2D eigenvalue weighted by molar-refractivity contribution is -0.137. The van der Waals surface area contributed by atoms with Crippen LogP contribution in [0.3, 0.4) is 0 Å². The molecule has 2 aromatic rings. The van der Waals surface area contributed by atoms with E-state index in [0.717, 1.165) is 29.2 Å². The number of aromatic nitrogens is 2. The van der Waals surface area contributed by atoms with Crippen LogP contribution in [-0.2, 0) is 19.1 Å². The lowest BCUT2D eigenvalue weighted by Gasteiger charge is -2.12. The third kappa shape index (κ3) is 3.42. The molecule has 1 fully saturated rings. The van der Waals surface area contributed by atoms with Crippen LogP contribution in [0.2, 0.25) is 0 Å². The highest BCUT2D eigenvalue weighted by atomic mass is 19.4. The Balaban J connectivity index is 2.12. The van der Waals surface area contributed by atoms with E-state index in [1.807, 2.05) is 13.8 Å². The number of rotatable bonds is 5. The maximum absolute atomic E-state index is 13.3. The molecule has 1 saturated carbocycles. The van der Waals surface area contributed by atoms with Crippen molar-refractivity contribution >= 4 is 0 Å². The number of alkyl halides is 3. The van der Waals surface area contributed by atoms with E-state index < -0.39 is 11.7 Å². The Labute approximate surface area is 138 Å². The van der Waals surface area contributed by atoms with Gasteiger partial charge in [-0.2, -0.15) is 13.2 Å². The first-order chi connectivity index (χ1) is 11.3. The Morgan fingerprint density at radius 3 is 2.46 bits per heavy atom. The molecule has 1 aliphatic rings. The molecule has 0 atom stereocenters. The van der Waals surface area contributed by atoms with Gasteiger partial charge in [0.15, 0.2) is 0 Å². The fraction of sp³-hybridized carbons (Fsp3) is 0.500. The first-order valence-corrected chi connectivity index (χ1v) is 8.25. The van der Waals surface area contributed by atoms with Crippen LogP contribution in [0.25, 0.3) is 5.69 Å². The van der Waals surface area contributed by atoms with E-state index in [1.165, 1.54) is 18.2 Å². The van der Waals surface area contributed by atoms with Crippen molar-refractivity contribution in [3.8, 4) is 5.69 Å². The van der Waals surface area contributed by atoms with E-state index in [4.69, 9.17) is 0 Å². The molecule has 3 rings (SSSR count). The summed E-state index contributed by atoms with van der Waals surface area (Å²) < 4.78 is 42.7. The summed E-state index contributed by atoms with van der Waals surface area (Å²) in [7, 11) is 0. The highest BCUT2D eigenvalue weighted by Crippen LogP contribution is 2.34. The largest absolute Gasteiger partial charge is 0.418 e. The normalized spacial score (nSPS) is 15.2. The van der Waals surface area contributed by atoms with Crippen molar-refractivity contribution in [2.75, 3.05) is 0 Å². The Morgan fingerprint density at radius 1 is 1.21 bits per heavy atom. The second-order valence-electron chi connectivity index (χ2n) is 6.94. The first-order valence-electron chi connectivity index (χ1n) is 8.25. The maximum atomic E-state index is 13.3. The van der Waals surface area contributed by atoms with Crippen molar-refractivity contribution in [1.29, 1.82) is 0 Å². The van der Waals surface area contributed by atoms with Crippen molar-refractivity contribution < 1.29 is 13.2 Å². The summed E-state index contributed by atoms with van der Waals surface area (Å²) in [5.74, 6) is 0.797. The van der Waals surface area contributed by atoms with Crippen LogP contribution in [0.1, 0.15) is 37.9 Å². The van der Waals surface area contributed by atoms with E-state index in [9.17, 15) is 18.0 Å². The Bertz CT molecular complexity index is 782. The summed E-state index contributed by atoms with van der Waals surface area (Å²) in [6, 6.07) is 5.23. The molecule has 0 aliphatic heterocycles. The van der Waals surface area contributed by atoms with Gasteiger partial charge in [0.1, 0.15) is 0 Å². The monoisotopic (exact) mass is 338 g/mol. The zero-order valence-electron chi connectivity index (χ0n) is 13.8. The molecular formula is C18H21F3N2O. The minimum absolute atomic E-state index is 0.102. The van der Waals surface area contributed by atoms with E-state index in [-0.39, 0.29) is 11.4 Å². The standard InChI is InChI=1S/C18H21F3N2O/c1-12(2)9-14-11-23(17(24)22(14)10-13-7-8-13)16-6-4-3-5-15(16)18(19,20)21/h3-6,11-13H,7-10H2,1-2H3. The molecule has 0 unspecified atom stereocenters. The summed E-state index contributed by atoms with van der Waals surface area (Å²) in [4.78, 5) is 12.8. The van der Waals surface area contributed by atoms with Gasteiger partial charge in [-0.3, -0.25) is 9.13 Å². The first kappa shape index (κ1) is 16.9. The predicted molar refractivity (Wildman–Crippen MR) is 86.3 cm³/mol. The van der Waals surface area contributed by atoms with Gasteiger partial charge in [0.2, 0.25) is 0 Å². The van der Waals surface area contributed by atoms with E-state index in [2.05, 4.69) is 0 Å². The zero-order chi connectivity index (χ0) is 17.5. The SMILES string of the molecule is CC(C)Cc1cn(-c2ccccc2C(F)(F)F)c(=O)n1CC1CC1. The fourth-order valence-electron chi connectivity index (χ4n) is 2.96. The third-order valence-electron chi connectivity index (χ3n) is 4.29. The molecule has 3 nitrogen and oxygen atoms in total. The zero-order valence-corrected chi connectivity index (χ0v) is 13.8. The number of hydrogen-bond acceptors (Lipinski definition) is 1. The summed E-state index contributed by atoms with van der Waals surface area (Å²) >= 11 is 0. The summed E-state index contributed by atoms with van der Waals surface area (Å²) in [6.07, 6.45) is -0.0823. The average Bonchev–Trinajstić information content (AvgIpc) is 3.26. The van der Waals surface area contributed by atoms with Crippen LogP contribution in [0.15, 0.2) is 35.3 Å². The molecule has 1 heterocycles. The van der Waals surface area contributed by atoms with Gasteiger partial charge in [-0.05, 0) is 43.2 Å². The van der Waals surface area contributed by atoms with Gasteiger partial charge >= 0.3 is 11.9 Å². The van der Waals surface area contributed by atoms with Crippen molar-refractivity contribution in [1.82, 2.24) is 9.13 Å². The second-order valence-corrected chi connectivity index (χ2v) is 6.94. The van der Waals surface area contributed by atoms with Crippen molar-refractivity contribution in [2.45, 2.75) is 45.8 Å². The van der Waals surface area contributed by atoms with Gasteiger partial charge in [0.25, 0.3) is 0 Å². The number of halogens is 3. The molecule has 0 saturated heterocycles. The molecule has 0 spiro atoms. The van der Waals surface area contributed by atoms with Crippen LogP contribution in [0.4, 0.5) is 13.2 Å². The van der Waals surface area contributed by atoms with Crippen LogP contribution in [-0.4, -0.2) is 9.13 Å². The fourth-order valence-corrected chi connectivity index (χ4v) is 2.96. The quantitative estimate of drug-likeness (QED) is 0.800. The smallest absolute Gasteiger partial charge is 0.296 e. The van der Waals surface area contributed by atoms with Gasteiger partial charge in [-0.25, -0.2) is 4.79 Å². The van der Waals surface area contributed by atoms with Crippen LogP contribution in [0.5, 0.6) is 0 Å². The van der Waals surface area contributed by atoms with Gasteiger partial charge in [0, 0.05) is 18.4 Å². The second kappa shape index (κ2) is 6.15. The lowest BCUT2D eigenvalue weighted by atomic mass is 10.1. The van der Waals surface area contributed by atoms with E-state index in [1.54, 1.807) is 10.8 Å². The molecular weight excluding hydrogens is 317 g/mol. The molecule has 1 aromatic heterocycles. The molecule has 0 amide bonds. The summed E-state index contributed by atoms with van der Waals surface area (Å²) in [5, 5.41) is 0. The molecule has 0 radical (unpaired) electrons. The van der Waals surface area contributed by atoms with Crippen molar-refractivity contribution in [2.24, 2.45) is 11.8 Å². The van der Waals surface area contributed by atoms with E-state index in [0.29, 0.717) is 24.8 Å². The van der Waals surface area contributed by atoms with Crippen molar-refractivity contribution in [3.05, 3.63) is 52.2 Å². The molecule has 6 heteroatoms. The minimum Gasteiger partial charge on any atom is -0.296 e. The molecule has 1 aliphatic carbocycles. The topological polar surface area (TPSA) is 26.9 Å². The lowest BCUT2D eigenvalue weighted by Crippen LogP contribution is -2.26. The number of benzene rings is 1.